The number of carbonyl (C=O) groups excluding carboxylic acids is 2. The van der Waals surface area contributed by atoms with Gasteiger partial charge in [-0.2, -0.15) is 5.10 Å². The first-order valence-corrected chi connectivity index (χ1v) is 12.4. The van der Waals surface area contributed by atoms with Crippen LogP contribution in [0.1, 0.15) is 41.1 Å². The lowest BCUT2D eigenvalue weighted by Gasteiger charge is -2.41. The molecule has 1 aliphatic rings. The standard InChI is InChI=1S/C30H30N4O2/c35-28-17-16-27(29(26-10-5-2-6-11-26)34(28)22-24-8-3-1-4-9-24)30(36)31-20-23-12-14-25(15-13-23)21-33-19-7-18-32-33/h1-15,18-19,27,29H,16-17,20-22H2,(H,31,36). The van der Waals surface area contributed by atoms with E-state index in [0.717, 1.165) is 22.3 Å². The summed E-state index contributed by atoms with van der Waals surface area (Å²) in [6.45, 7) is 1.65. The van der Waals surface area contributed by atoms with Crippen molar-refractivity contribution in [2.75, 3.05) is 0 Å². The lowest BCUT2D eigenvalue weighted by molar-refractivity contribution is -0.144. The smallest absolute Gasteiger partial charge is 0.225 e. The van der Waals surface area contributed by atoms with Crippen molar-refractivity contribution >= 4 is 11.8 Å². The molecule has 36 heavy (non-hydrogen) atoms. The molecule has 6 nitrogen and oxygen atoms in total. The maximum atomic E-state index is 13.5. The quantitative estimate of drug-likeness (QED) is 0.398. The van der Waals surface area contributed by atoms with E-state index in [0.29, 0.717) is 32.5 Å². The molecular weight excluding hydrogens is 448 g/mol. The Morgan fingerprint density at radius 1 is 0.833 bits per heavy atom. The van der Waals surface area contributed by atoms with Crippen LogP contribution in [-0.4, -0.2) is 26.5 Å². The number of hydrogen-bond acceptors (Lipinski definition) is 3. The van der Waals surface area contributed by atoms with Crippen LogP contribution < -0.4 is 5.32 Å². The van der Waals surface area contributed by atoms with Crippen LogP contribution in [0.5, 0.6) is 0 Å². The van der Waals surface area contributed by atoms with Crippen LogP contribution in [-0.2, 0) is 29.2 Å². The lowest BCUT2D eigenvalue weighted by atomic mass is 9.83. The van der Waals surface area contributed by atoms with Crippen molar-refractivity contribution in [1.82, 2.24) is 20.0 Å². The van der Waals surface area contributed by atoms with Gasteiger partial charge in [-0.3, -0.25) is 14.3 Å². The first-order valence-electron chi connectivity index (χ1n) is 12.4. The Bertz CT molecular complexity index is 1270. The molecule has 1 fully saturated rings. The molecule has 0 saturated carbocycles. The Labute approximate surface area is 211 Å². The molecule has 0 bridgehead atoms. The lowest BCUT2D eigenvalue weighted by Crippen LogP contribution is -2.47. The molecule has 2 heterocycles. The molecule has 182 valence electrons. The van der Waals surface area contributed by atoms with Gasteiger partial charge in [0.1, 0.15) is 0 Å². The molecule has 2 unspecified atom stereocenters. The third kappa shape index (κ3) is 5.54. The van der Waals surface area contributed by atoms with Gasteiger partial charge in [-0.1, -0.05) is 84.9 Å². The molecule has 1 N–H and O–H groups in total. The van der Waals surface area contributed by atoms with Crippen LogP contribution in [0.25, 0.3) is 0 Å². The number of likely N-dealkylation sites (tertiary alicyclic amines) is 1. The van der Waals surface area contributed by atoms with Gasteiger partial charge in [0.15, 0.2) is 0 Å². The van der Waals surface area contributed by atoms with Crippen molar-refractivity contribution in [3.8, 4) is 0 Å². The first kappa shape index (κ1) is 23.5. The van der Waals surface area contributed by atoms with Crippen LogP contribution in [0.2, 0.25) is 0 Å². The molecular formula is C30H30N4O2. The maximum Gasteiger partial charge on any atom is 0.225 e. The maximum absolute atomic E-state index is 13.5. The van der Waals surface area contributed by atoms with Gasteiger partial charge in [0.25, 0.3) is 0 Å². The van der Waals surface area contributed by atoms with Gasteiger partial charge < -0.3 is 10.2 Å². The molecule has 6 heteroatoms. The molecule has 0 aliphatic carbocycles. The average Bonchev–Trinajstić information content (AvgIpc) is 3.43. The monoisotopic (exact) mass is 478 g/mol. The van der Waals surface area contributed by atoms with Gasteiger partial charge in [-0.05, 0) is 34.7 Å². The highest BCUT2D eigenvalue weighted by atomic mass is 16.2. The summed E-state index contributed by atoms with van der Waals surface area (Å²) in [6.07, 6.45) is 4.62. The van der Waals surface area contributed by atoms with Crippen molar-refractivity contribution in [2.45, 2.75) is 38.5 Å². The summed E-state index contributed by atoms with van der Waals surface area (Å²) in [5.41, 5.74) is 4.24. The molecule has 2 atom stereocenters. The second kappa shape index (κ2) is 11.0. The van der Waals surface area contributed by atoms with Crippen molar-refractivity contribution in [3.05, 3.63) is 126 Å². The summed E-state index contributed by atoms with van der Waals surface area (Å²) in [4.78, 5) is 28.4. The van der Waals surface area contributed by atoms with E-state index >= 15 is 0 Å². The van der Waals surface area contributed by atoms with Gasteiger partial charge in [-0.25, -0.2) is 0 Å². The van der Waals surface area contributed by atoms with Gasteiger partial charge >= 0.3 is 0 Å². The van der Waals surface area contributed by atoms with E-state index in [2.05, 4.69) is 22.5 Å². The third-order valence-electron chi connectivity index (χ3n) is 6.77. The number of aromatic nitrogens is 2. The van der Waals surface area contributed by atoms with Crippen molar-refractivity contribution in [2.24, 2.45) is 5.92 Å². The SMILES string of the molecule is O=C(NCc1ccc(Cn2cccn2)cc1)C1CCC(=O)N(Cc2ccccc2)C1c1ccccc1. The molecule has 1 saturated heterocycles. The third-order valence-corrected chi connectivity index (χ3v) is 6.77. The minimum Gasteiger partial charge on any atom is -0.352 e. The number of hydrogen-bond donors (Lipinski definition) is 1. The minimum absolute atomic E-state index is 0.0185. The van der Waals surface area contributed by atoms with Crippen molar-refractivity contribution in [1.29, 1.82) is 0 Å². The summed E-state index contributed by atoms with van der Waals surface area (Å²) in [5.74, 6) is -0.243. The fraction of sp³-hybridized carbons (Fsp3) is 0.233. The number of nitrogens with one attached hydrogen (secondary N) is 1. The van der Waals surface area contributed by atoms with E-state index in [1.54, 1.807) is 6.20 Å². The normalized spacial score (nSPS) is 17.7. The Morgan fingerprint density at radius 2 is 1.50 bits per heavy atom. The van der Waals surface area contributed by atoms with Gasteiger partial charge in [-0.15, -0.1) is 0 Å². The van der Waals surface area contributed by atoms with E-state index in [1.807, 2.05) is 94.6 Å². The fourth-order valence-corrected chi connectivity index (χ4v) is 4.92. The predicted octanol–water partition coefficient (Wildman–Crippen LogP) is 4.73. The van der Waals surface area contributed by atoms with Crippen molar-refractivity contribution in [3.63, 3.8) is 0 Å². The predicted molar refractivity (Wildman–Crippen MR) is 139 cm³/mol. The van der Waals surface area contributed by atoms with Crippen LogP contribution >= 0.6 is 0 Å². The summed E-state index contributed by atoms with van der Waals surface area (Å²) < 4.78 is 1.88. The molecule has 0 radical (unpaired) electrons. The average molecular weight is 479 g/mol. The second-order valence-corrected chi connectivity index (χ2v) is 9.25. The van der Waals surface area contributed by atoms with E-state index in [1.165, 1.54) is 0 Å². The first-order chi connectivity index (χ1) is 17.7. The number of benzene rings is 3. The van der Waals surface area contributed by atoms with E-state index < -0.39 is 0 Å². The summed E-state index contributed by atoms with van der Waals surface area (Å²) in [6, 6.07) is 29.7. The van der Waals surface area contributed by atoms with Crippen LogP contribution in [0, 0.1) is 5.92 Å². The summed E-state index contributed by atoms with van der Waals surface area (Å²) in [7, 11) is 0. The number of carbonyl (C=O) groups is 2. The molecule has 3 aromatic carbocycles. The van der Waals surface area contributed by atoms with Crippen LogP contribution in [0.3, 0.4) is 0 Å². The minimum atomic E-state index is -0.312. The van der Waals surface area contributed by atoms with Crippen LogP contribution in [0.4, 0.5) is 0 Å². The Hall–Kier alpha value is -4.19. The second-order valence-electron chi connectivity index (χ2n) is 9.25. The molecule has 1 aromatic heterocycles. The number of rotatable bonds is 8. The number of amides is 2. The molecule has 5 rings (SSSR count). The number of nitrogens with zero attached hydrogens (tertiary/aromatic N) is 3. The fourth-order valence-electron chi connectivity index (χ4n) is 4.92. The summed E-state index contributed by atoms with van der Waals surface area (Å²) in [5, 5.41) is 7.38. The Morgan fingerprint density at radius 3 is 2.19 bits per heavy atom. The molecule has 1 aliphatic heterocycles. The Balaban J connectivity index is 1.30. The Kier molecular flexibility index (Phi) is 7.22. The van der Waals surface area contributed by atoms with Crippen LogP contribution in [0.15, 0.2) is 103 Å². The zero-order valence-corrected chi connectivity index (χ0v) is 20.2. The number of piperidine rings is 1. The highest BCUT2D eigenvalue weighted by Gasteiger charge is 2.40. The largest absolute Gasteiger partial charge is 0.352 e. The topological polar surface area (TPSA) is 67.2 Å². The van der Waals surface area contributed by atoms with Gasteiger partial charge in [0.2, 0.25) is 11.8 Å². The highest BCUT2D eigenvalue weighted by molar-refractivity contribution is 5.85. The van der Waals surface area contributed by atoms with E-state index in [-0.39, 0.29) is 23.8 Å². The molecule has 4 aromatic rings. The molecule has 0 spiro atoms. The summed E-state index contributed by atoms with van der Waals surface area (Å²) >= 11 is 0. The highest BCUT2D eigenvalue weighted by Crippen LogP contribution is 2.38. The van der Waals surface area contributed by atoms with E-state index in [4.69, 9.17) is 0 Å². The van der Waals surface area contributed by atoms with Gasteiger partial charge in [0, 0.05) is 31.9 Å². The van der Waals surface area contributed by atoms with E-state index in [9.17, 15) is 9.59 Å². The van der Waals surface area contributed by atoms with Gasteiger partial charge in [0.05, 0.1) is 18.5 Å². The zero-order valence-electron chi connectivity index (χ0n) is 20.2. The van der Waals surface area contributed by atoms with Crippen molar-refractivity contribution < 1.29 is 9.59 Å². The zero-order chi connectivity index (χ0) is 24.7. The molecule has 2 amide bonds.